The lowest BCUT2D eigenvalue weighted by Gasteiger charge is -2.32. The quantitative estimate of drug-likeness (QED) is 0.748. The number of piperidine rings is 1. The highest BCUT2D eigenvalue weighted by Crippen LogP contribution is 2.32. The molecular formula is C20H26F4N2O3. The van der Waals surface area contributed by atoms with Gasteiger partial charge in [-0.3, -0.25) is 4.79 Å². The molecule has 1 aliphatic heterocycles. The lowest BCUT2D eigenvalue weighted by atomic mass is 9.96. The lowest BCUT2D eigenvalue weighted by Crippen LogP contribution is -2.45. The van der Waals surface area contributed by atoms with Crippen LogP contribution in [0, 0.1) is 11.7 Å². The van der Waals surface area contributed by atoms with E-state index in [9.17, 15) is 27.2 Å². The molecule has 0 atom stereocenters. The fourth-order valence-corrected chi connectivity index (χ4v) is 3.07. The normalized spacial score (nSPS) is 15.9. The van der Waals surface area contributed by atoms with Crippen molar-refractivity contribution in [2.75, 3.05) is 19.6 Å². The maximum absolute atomic E-state index is 13.3. The van der Waals surface area contributed by atoms with Gasteiger partial charge in [-0.1, -0.05) is 6.07 Å². The van der Waals surface area contributed by atoms with Gasteiger partial charge in [-0.2, -0.15) is 13.2 Å². The Bertz CT molecular complexity index is 736. The van der Waals surface area contributed by atoms with Crippen molar-refractivity contribution in [3.63, 3.8) is 0 Å². The van der Waals surface area contributed by atoms with E-state index < -0.39 is 29.3 Å². The Kier molecular flexibility index (Phi) is 7.13. The topological polar surface area (TPSA) is 58.6 Å². The molecule has 0 bridgehead atoms. The van der Waals surface area contributed by atoms with Crippen LogP contribution in [0.4, 0.5) is 22.4 Å². The number of carbonyl (C=O) groups is 2. The summed E-state index contributed by atoms with van der Waals surface area (Å²) in [6.45, 7) is 6.30. The summed E-state index contributed by atoms with van der Waals surface area (Å²) in [5.74, 6) is -1.79. The zero-order valence-corrected chi connectivity index (χ0v) is 16.7. The summed E-state index contributed by atoms with van der Waals surface area (Å²) in [7, 11) is 0. The van der Waals surface area contributed by atoms with Gasteiger partial charge in [-0.15, -0.1) is 0 Å². The summed E-state index contributed by atoms with van der Waals surface area (Å²) in [5, 5.41) is 2.71. The third-order valence-corrected chi connectivity index (χ3v) is 4.57. The number of rotatable bonds is 4. The van der Waals surface area contributed by atoms with Crippen molar-refractivity contribution in [1.82, 2.24) is 10.2 Å². The molecule has 1 heterocycles. The summed E-state index contributed by atoms with van der Waals surface area (Å²) in [4.78, 5) is 25.9. The van der Waals surface area contributed by atoms with E-state index in [1.165, 1.54) is 6.07 Å². The molecule has 2 rings (SSSR count). The molecule has 0 saturated carbocycles. The van der Waals surface area contributed by atoms with Crippen molar-refractivity contribution in [1.29, 1.82) is 0 Å². The average molecular weight is 418 g/mol. The Morgan fingerprint density at radius 2 is 1.79 bits per heavy atom. The molecule has 9 heteroatoms. The molecule has 1 aromatic rings. The van der Waals surface area contributed by atoms with E-state index in [1.807, 2.05) is 0 Å². The summed E-state index contributed by atoms with van der Waals surface area (Å²) in [6, 6.07) is 2.82. The van der Waals surface area contributed by atoms with E-state index >= 15 is 0 Å². The third kappa shape index (κ3) is 6.90. The minimum absolute atomic E-state index is 0.147. The van der Waals surface area contributed by atoms with Gasteiger partial charge in [0.1, 0.15) is 11.4 Å². The van der Waals surface area contributed by atoms with Crippen LogP contribution in [-0.4, -0.2) is 42.1 Å². The number of ether oxygens (including phenoxy) is 1. The Balaban J connectivity index is 1.79. The summed E-state index contributed by atoms with van der Waals surface area (Å²) < 4.78 is 56.9. The summed E-state index contributed by atoms with van der Waals surface area (Å²) in [6.07, 6.45) is -4.04. The Hall–Kier alpha value is -2.32. The number of carbonyl (C=O) groups excluding carboxylic acids is 2. The molecule has 1 saturated heterocycles. The molecule has 162 valence electrons. The SMILES string of the molecule is CC(C)(C)OC(=O)N1CCC(C(=O)NCCc2ccc(F)c(C(F)(F)F)c2)CC1. The predicted octanol–water partition coefficient (Wildman–Crippen LogP) is 4.15. The van der Waals surface area contributed by atoms with Gasteiger partial charge in [0.25, 0.3) is 0 Å². The van der Waals surface area contributed by atoms with Gasteiger partial charge < -0.3 is 15.0 Å². The monoisotopic (exact) mass is 418 g/mol. The Morgan fingerprint density at radius 3 is 2.34 bits per heavy atom. The van der Waals surface area contributed by atoms with Gasteiger partial charge in [-0.25, -0.2) is 9.18 Å². The highest BCUT2D eigenvalue weighted by molar-refractivity contribution is 5.79. The summed E-state index contributed by atoms with van der Waals surface area (Å²) in [5.41, 5.74) is -1.60. The van der Waals surface area contributed by atoms with Crippen LogP contribution >= 0.6 is 0 Å². The van der Waals surface area contributed by atoms with Crippen molar-refractivity contribution in [2.24, 2.45) is 5.92 Å². The van der Waals surface area contributed by atoms with E-state index in [1.54, 1.807) is 25.7 Å². The van der Waals surface area contributed by atoms with Gasteiger partial charge in [0.15, 0.2) is 0 Å². The molecule has 0 radical (unpaired) electrons. The number of likely N-dealkylation sites (tertiary alicyclic amines) is 1. The number of alkyl halides is 3. The van der Waals surface area contributed by atoms with Crippen LogP contribution in [0.3, 0.4) is 0 Å². The molecule has 29 heavy (non-hydrogen) atoms. The molecule has 0 aromatic heterocycles. The predicted molar refractivity (Wildman–Crippen MR) is 98.6 cm³/mol. The molecule has 1 fully saturated rings. The maximum atomic E-state index is 13.3. The van der Waals surface area contributed by atoms with Crippen molar-refractivity contribution in [2.45, 2.75) is 51.8 Å². The van der Waals surface area contributed by atoms with E-state index in [-0.39, 0.29) is 24.8 Å². The molecule has 1 N–H and O–H groups in total. The van der Waals surface area contributed by atoms with Crippen molar-refractivity contribution >= 4 is 12.0 Å². The van der Waals surface area contributed by atoms with Crippen LogP contribution < -0.4 is 5.32 Å². The molecule has 1 aliphatic rings. The lowest BCUT2D eigenvalue weighted by molar-refractivity contribution is -0.140. The standard InChI is InChI=1S/C20H26F4N2O3/c1-19(2,3)29-18(28)26-10-7-14(8-11-26)17(27)25-9-6-13-4-5-16(21)15(12-13)20(22,23)24/h4-5,12,14H,6-11H2,1-3H3,(H,25,27). The van der Waals surface area contributed by atoms with E-state index in [2.05, 4.69) is 5.32 Å². The minimum atomic E-state index is -4.76. The third-order valence-electron chi connectivity index (χ3n) is 4.57. The van der Waals surface area contributed by atoms with E-state index in [0.29, 0.717) is 31.5 Å². The number of amides is 2. The number of nitrogens with zero attached hydrogens (tertiary/aromatic N) is 1. The minimum Gasteiger partial charge on any atom is -0.444 e. The maximum Gasteiger partial charge on any atom is 0.419 e. The molecule has 0 unspecified atom stereocenters. The molecule has 5 nitrogen and oxygen atoms in total. The Labute approximate surface area is 167 Å². The smallest absolute Gasteiger partial charge is 0.419 e. The number of halogens is 4. The highest BCUT2D eigenvalue weighted by atomic mass is 19.4. The fourth-order valence-electron chi connectivity index (χ4n) is 3.07. The Morgan fingerprint density at radius 1 is 1.17 bits per heavy atom. The average Bonchev–Trinajstić information content (AvgIpc) is 2.60. The largest absolute Gasteiger partial charge is 0.444 e. The first-order valence-electron chi connectivity index (χ1n) is 9.48. The van der Waals surface area contributed by atoms with Crippen LogP contribution in [0.1, 0.15) is 44.7 Å². The molecule has 2 amide bonds. The first-order valence-corrected chi connectivity index (χ1v) is 9.48. The van der Waals surface area contributed by atoms with Crippen LogP contribution in [0.2, 0.25) is 0 Å². The van der Waals surface area contributed by atoms with Gasteiger partial charge in [0.2, 0.25) is 5.91 Å². The molecule has 0 spiro atoms. The zero-order chi connectivity index (χ0) is 21.8. The van der Waals surface area contributed by atoms with Crippen LogP contribution in [0.5, 0.6) is 0 Å². The van der Waals surface area contributed by atoms with Crippen LogP contribution in [0.15, 0.2) is 18.2 Å². The molecule has 0 aliphatic carbocycles. The van der Waals surface area contributed by atoms with Gasteiger partial charge in [0, 0.05) is 25.6 Å². The number of hydrogen-bond donors (Lipinski definition) is 1. The van der Waals surface area contributed by atoms with Crippen molar-refractivity contribution < 1.29 is 31.9 Å². The zero-order valence-electron chi connectivity index (χ0n) is 16.7. The highest BCUT2D eigenvalue weighted by Gasteiger charge is 2.34. The second kappa shape index (κ2) is 9.00. The molecule has 1 aromatic carbocycles. The van der Waals surface area contributed by atoms with Crippen molar-refractivity contribution in [3.8, 4) is 0 Å². The fraction of sp³-hybridized carbons (Fsp3) is 0.600. The van der Waals surface area contributed by atoms with Crippen LogP contribution in [-0.2, 0) is 22.1 Å². The van der Waals surface area contributed by atoms with Crippen LogP contribution in [0.25, 0.3) is 0 Å². The second-order valence-corrected chi connectivity index (χ2v) is 8.09. The molecular weight excluding hydrogens is 392 g/mol. The first-order chi connectivity index (χ1) is 13.4. The van der Waals surface area contributed by atoms with Gasteiger partial charge in [0.05, 0.1) is 5.56 Å². The van der Waals surface area contributed by atoms with Gasteiger partial charge in [-0.05, 0) is 57.7 Å². The van der Waals surface area contributed by atoms with E-state index in [4.69, 9.17) is 4.74 Å². The van der Waals surface area contributed by atoms with Crippen molar-refractivity contribution in [3.05, 3.63) is 35.1 Å². The second-order valence-electron chi connectivity index (χ2n) is 8.09. The number of benzene rings is 1. The first kappa shape index (κ1) is 23.0. The number of nitrogens with one attached hydrogen (secondary N) is 1. The summed E-state index contributed by atoms with van der Waals surface area (Å²) >= 11 is 0. The number of hydrogen-bond acceptors (Lipinski definition) is 3. The van der Waals surface area contributed by atoms with E-state index in [0.717, 1.165) is 12.1 Å². The van der Waals surface area contributed by atoms with Gasteiger partial charge >= 0.3 is 12.3 Å².